The fourth-order valence-corrected chi connectivity index (χ4v) is 4.21. The lowest BCUT2D eigenvalue weighted by Crippen LogP contribution is -2.42. The van der Waals surface area contributed by atoms with Crippen molar-refractivity contribution in [3.63, 3.8) is 0 Å². The van der Waals surface area contributed by atoms with Crippen LogP contribution in [0.4, 0.5) is 5.13 Å². The van der Waals surface area contributed by atoms with Gasteiger partial charge in [-0.25, -0.2) is 9.97 Å². The third-order valence-electron chi connectivity index (χ3n) is 5.23. The number of anilines is 1. The van der Waals surface area contributed by atoms with Crippen LogP contribution in [-0.2, 0) is 4.74 Å². The minimum Gasteiger partial charge on any atom is -0.368 e. The number of ether oxygens (including phenoxy) is 1. The summed E-state index contributed by atoms with van der Waals surface area (Å²) in [7, 11) is 0. The predicted molar refractivity (Wildman–Crippen MR) is 121 cm³/mol. The molecule has 0 bridgehead atoms. The van der Waals surface area contributed by atoms with Crippen LogP contribution in [0.25, 0.3) is 10.9 Å². The summed E-state index contributed by atoms with van der Waals surface area (Å²) in [6.45, 7) is 1.20. The number of nitrogens with one attached hydrogen (secondary N) is 1. The Morgan fingerprint density at radius 3 is 2.88 bits per heavy atom. The Morgan fingerprint density at radius 2 is 2.06 bits per heavy atom. The number of nitrogens with zero attached hydrogens (tertiary/aromatic N) is 4. The first kappa shape index (κ1) is 20.2. The molecule has 5 rings (SSSR count). The molecule has 3 aromatic heterocycles. The zero-order valence-corrected chi connectivity index (χ0v) is 17.8. The van der Waals surface area contributed by atoms with Crippen LogP contribution in [0.2, 0.25) is 0 Å². The van der Waals surface area contributed by atoms with E-state index in [1.807, 2.05) is 24.3 Å². The number of pyridine rings is 2. The molecule has 4 heterocycles. The van der Waals surface area contributed by atoms with Crippen LogP contribution in [0.5, 0.6) is 0 Å². The molecule has 0 radical (unpaired) electrons. The van der Waals surface area contributed by atoms with Gasteiger partial charge in [0.1, 0.15) is 6.10 Å². The van der Waals surface area contributed by atoms with Gasteiger partial charge in [0.25, 0.3) is 11.8 Å². The predicted octanol–water partition coefficient (Wildman–Crippen LogP) is 3.55. The molecular formula is C23H19N5O3S. The van der Waals surface area contributed by atoms with Gasteiger partial charge < -0.3 is 9.64 Å². The smallest absolute Gasteiger partial charge is 0.258 e. The number of carbonyl (C=O) groups excluding carboxylic acids is 2. The number of fused-ring (bicyclic) bond motifs is 1. The summed E-state index contributed by atoms with van der Waals surface area (Å²) in [6, 6.07) is 12.7. The van der Waals surface area contributed by atoms with Gasteiger partial charge in [0.2, 0.25) is 0 Å². The number of morpholine rings is 1. The fourth-order valence-electron chi connectivity index (χ4n) is 3.68. The van der Waals surface area contributed by atoms with Crippen molar-refractivity contribution in [1.29, 1.82) is 0 Å². The average molecular weight is 446 g/mol. The van der Waals surface area contributed by atoms with E-state index in [-0.39, 0.29) is 11.8 Å². The monoisotopic (exact) mass is 445 g/mol. The van der Waals surface area contributed by atoms with Crippen molar-refractivity contribution in [1.82, 2.24) is 19.9 Å². The third-order valence-corrected chi connectivity index (χ3v) is 5.91. The number of thiazole rings is 1. The summed E-state index contributed by atoms with van der Waals surface area (Å²) >= 11 is 1.35. The second-order valence-corrected chi connectivity index (χ2v) is 8.15. The number of hydrogen-bond donors (Lipinski definition) is 1. The number of aromatic nitrogens is 3. The highest BCUT2D eigenvalue weighted by atomic mass is 32.1. The molecule has 160 valence electrons. The Bertz CT molecular complexity index is 1260. The molecule has 1 aliphatic heterocycles. The molecule has 1 aliphatic rings. The number of rotatable bonds is 4. The van der Waals surface area contributed by atoms with E-state index in [4.69, 9.17) is 9.72 Å². The van der Waals surface area contributed by atoms with Crippen LogP contribution in [0.15, 0.2) is 66.4 Å². The van der Waals surface area contributed by atoms with Crippen molar-refractivity contribution in [2.75, 3.05) is 25.0 Å². The van der Waals surface area contributed by atoms with E-state index >= 15 is 0 Å². The minimum absolute atomic E-state index is 0.103. The fraction of sp³-hybridized carbons (Fsp3) is 0.174. The lowest BCUT2D eigenvalue weighted by atomic mass is 10.0. The van der Waals surface area contributed by atoms with Crippen LogP contribution in [-0.4, -0.2) is 51.4 Å². The normalized spacial score (nSPS) is 16.1. The maximum Gasteiger partial charge on any atom is 0.258 e. The quantitative estimate of drug-likeness (QED) is 0.516. The number of para-hydroxylation sites is 1. The molecule has 1 N–H and O–H groups in total. The van der Waals surface area contributed by atoms with E-state index < -0.39 is 6.10 Å². The van der Waals surface area contributed by atoms with Gasteiger partial charge in [-0.15, -0.1) is 11.3 Å². The van der Waals surface area contributed by atoms with Crippen LogP contribution in [0, 0.1) is 0 Å². The number of amides is 2. The highest BCUT2D eigenvalue weighted by Gasteiger charge is 2.28. The molecule has 0 spiro atoms. The number of benzene rings is 1. The molecule has 4 aromatic rings. The van der Waals surface area contributed by atoms with Gasteiger partial charge in [0.05, 0.1) is 35.5 Å². The maximum absolute atomic E-state index is 13.0. The Kier molecular flexibility index (Phi) is 5.57. The molecule has 0 saturated carbocycles. The summed E-state index contributed by atoms with van der Waals surface area (Å²) in [4.78, 5) is 40.5. The zero-order valence-electron chi connectivity index (χ0n) is 17.0. The highest BCUT2D eigenvalue weighted by Crippen LogP contribution is 2.27. The Balaban J connectivity index is 1.46. The van der Waals surface area contributed by atoms with Gasteiger partial charge in [0, 0.05) is 35.9 Å². The molecule has 32 heavy (non-hydrogen) atoms. The topological polar surface area (TPSA) is 97.3 Å². The molecule has 0 unspecified atom stereocenters. The molecule has 0 aliphatic carbocycles. The third kappa shape index (κ3) is 4.08. The first-order valence-electron chi connectivity index (χ1n) is 10.1. The summed E-state index contributed by atoms with van der Waals surface area (Å²) in [5.74, 6) is -0.368. The summed E-state index contributed by atoms with van der Waals surface area (Å²) in [6.07, 6.45) is 4.39. The lowest BCUT2D eigenvalue weighted by Gasteiger charge is -2.33. The summed E-state index contributed by atoms with van der Waals surface area (Å²) in [5, 5.41) is 5.91. The second-order valence-electron chi connectivity index (χ2n) is 7.26. The van der Waals surface area contributed by atoms with Gasteiger partial charge in [-0.3, -0.25) is 19.9 Å². The summed E-state index contributed by atoms with van der Waals surface area (Å²) < 4.78 is 5.96. The SMILES string of the molecule is O=C(Nc1nccs1)c1cc([C@@H]2CN(C(=O)c3cccnc3)CCO2)nc2ccccc12. The van der Waals surface area contributed by atoms with Crippen LogP contribution in [0.1, 0.15) is 32.5 Å². The molecule has 1 atom stereocenters. The number of carbonyl (C=O) groups is 2. The number of hydrogen-bond acceptors (Lipinski definition) is 7. The second kappa shape index (κ2) is 8.81. The van der Waals surface area contributed by atoms with E-state index in [1.54, 1.807) is 47.1 Å². The van der Waals surface area contributed by atoms with Crippen LogP contribution < -0.4 is 5.32 Å². The molecule has 1 fully saturated rings. The Labute approximate surface area is 187 Å². The van der Waals surface area contributed by atoms with Crippen molar-refractivity contribution in [2.24, 2.45) is 0 Å². The Morgan fingerprint density at radius 1 is 1.16 bits per heavy atom. The molecule has 2 amide bonds. The van der Waals surface area contributed by atoms with E-state index in [0.29, 0.717) is 47.2 Å². The van der Waals surface area contributed by atoms with Crippen molar-refractivity contribution in [3.8, 4) is 0 Å². The van der Waals surface area contributed by atoms with Gasteiger partial charge in [-0.1, -0.05) is 18.2 Å². The minimum atomic E-state index is -0.444. The van der Waals surface area contributed by atoms with Crippen molar-refractivity contribution < 1.29 is 14.3 Å². The van der Waals surface area contributed by atoms with Gasteiger partial charge in [0.15, 0.2) is 5.13 Å². The molecule has 1 saturated heterocycles. The largest absolute Gasteiger partial charge is 0.368 e. The van der Waals surface area contributed by atoms with Crippen LogP contribution >= 0.6 is 11.3 Å². The van der Waals surface area contributed by atoms with Gasteiger partial charge in [-0.05, 0) is 24.3 Å². The van der Waals surface area contributed by atoms with E-state index in [9.17, 15) is 9.59 Å². The molecule has 9 heteroatoms. The van der Waals surface area contributed by atoms with E-state index in [1.165, 1.54) is 11.3 Å². The lowest BCUT2D eigenvalue weighted by molar-refractivity contribution is -0.0246. The van der Waals surface area contributed by atoms with Gasteiger partial charge in [-0.2, -0.15) is 0 Å². The van der Waals surface area contributed by atoms with E-state index in [2.05, 4.69) is 15.3 Å². The van der Waals surface area contributed by atoms with Crippen LogP contribution in [0.3, 0.4) is 0 Å². The van der Waals surface area contributed by atoms with E-state index in [0.717, 1.165) is 5.39 Å². The van der Waals surface area contributed by atoms with Gasteiger partial charge >= 0.3 is 0 Å². The zero-order chi connectivity index (χ0) is 21.9. The first-order valence-corrected chi connectivity index (χ1v) is 11.0. The molecule has 8 nitrogen and oxygen atoms in total. The first-order chi connectivity index (χ1) is 15.7. The maximum atomic E-state index is 13.0. The standard InChI is InChI=1S/C23H19N5O3S/c29-21(27-23-25-8-11-32-23)17-12-19(26-18-6-2-1-5-16(17)18)20-14-28(9-10-31-20)22(30)15-4-3-7-24-13-15/h1-8,11-13,20H,9-10,14H2,(H,25,27,29)/t20-/m0/s1. The molecular weight excluding hydrogens is 426 g/mol. The van der Waals surface area contributed by atoms with Crippen molar-refractivity contribution >= 4 is 39.2 Å². The Hall–Kier alpha value is -3.69. The van der Waals surface area contributed by atoms with Crippen molar-refractivity contribution in [2.45, 2.75) is 6.10 Å². The highest BCUT2D eigenvalue weighted by molar-refractivity contribution is 7.13. The summed E-state index contributed by atoms with van der Waals surface area (Å²) in [5.41, 5.74) is 2.31. The van der Waals surface area contributed by atoms with Crippen molar-refractivity contribution in [3.05, 3.63) is 83.3 Å². The molecule has 1 aromatic carbocycles. The average Bonchev–Trinajstić information content (AvgIpc) is 3.36.